The molecule has 12 N–H and O–H groups in total. The lowest BCUT2D eigenvalue weighted by Crippen LogP contribution is -2.60. The van der Waals surface area contributed by atoms with Crippen molar-refractivity contribution in [3.05, 3.63) is 0 Å². The Balaban J connectivity index is 3.22. The Hall–Kier alpha value is -4.48. The normalized spacial score (nSPS) is 17.2. The molecule has 0 aromatic carbocycles. The van der Waals surface area contributed by atoms with Gasteiger partial charge in [0.25, 0.3) is 0 Å². The summed E-state index contributed by atoms with van der Waals surface area (Å²) in [5, 5.41) is 22.7. The van der Waals surface area contributed by atoms with Crippen LogP contribution in [0.2, 0.25) is 0 Å². The van der Waals surface area contributed by atoms with E-state index in [2.05, 4.69) is 31.6 Å². The zero-order valence-electron chi connectivity index (χ0n) is 27.7. The third-order valence-corrected chi connectivity index (χ3v) is 7.40. The van der Waals surface area contributed by atoms with Crippen molar-refractivity contribution in [1.29, 1.82) is 0 Å². The first-order valence-corrected chi connectivity index (χ1v) is 15.9. The minimum absolute atomic E-state index is 0.131. The summed E-state index contributed by atoms with van der Waals surface area (Å²) in [4.78, 5) is 94.7. The molecular weight excluding hydrogens is 616 g/mol. The predicted octanol–water partition coefficient (Wildman–Crippen LogP) is -3.43. The van der Waals surface area contributed by atoms with Crippen molar-refractivity contribution in [3.63, 3.8) is 0 Å². The maximum atomic E-state index is 13.7. The first-order chi connectivity index (χ1) is 22.1. The molecule has 1 rings (SSSR count). The van der Waals surface area contributed by atoms with Crippen LogP contribution < -0.4 is 43.8 Å². The number of aliphatic imine (C=N–C) groups is 1. The summed E-state index contributed by atoms with van der Waals surface area (Å²) in [7, 11) is 0. The third kappa shape index (κ3) is 14.2. The lowest BCUT2D eigenvalue weighted by atomic mass is 10.0. The van der Waals surface area contributed by atoms with E-state index >= 15 is 0 Å². The first-order valence-electron chi connectivity index (χ1n) is 15.9. The smallest absolute Gasteiger partial charge is 0.245 e. The maximum Gasteiger partial charge on any atom is 0.245 e. The second-order valence-electron chi connectivity index (χ2n) is 11.4. The second-order valence-corrected chi connectivity index (χ2v) is 11.4. The molecule has 0 aliphatic carbocycles. The van der Waals surface area contributed by atoms with Crippen molar-refractivity contribution in [1.82, 2.24) is 31.5 Å². The van der Waals surface area contributed by atoms with E-state index in [4.69, 9.17) is 17.2 Å². The van der Waals surface area contributed by atoms with Gasteiger partial charge >= 0.3 is 0 Å². The van der Waals surface area contributed by atoms with Gasteiger partial charge in [-0.25, -0.2) is 0 Å². The number of carbonyl (C=O) groups is 7. The van der Waals surface area contributed by atoms with Gasteiger partial charge in [0, 0.05) is 33.0 Å². The molecule has 0 bridgehead atoms. The Bertz CT molecular complexity index is 1140. The summed E-state index contributed by atoms with van der Waals surface area (Å²) in [5.74, 6) is -4.64. The average Bonchev–Trinajstić information content (AvgIpc) is 3.48. The number of aliphatic hydroxyl groups is 1. The molecule has 266 valence electrons. The van der Waals surface area contributed by atoms with Crippen molar-refractivity contribution >= 4 is 47.3 Å². The summed E-state index contributed by atoms with van der Waals surface area (Å²) in [6.07, 6.45) is 0.270. The Morgan fingerprint density at radius 2 is 1.47 bits per heavy atom. The molecule has 1 heterocycles. The fraction of sp³-hybridized carbons (Fsp3) is 0.724. The summed E-state index contributed by atoms with van der Waals surface area (Å²) < 4.78 is 0. The van der Waals surface area contributed by atoms with Gasteiger partial charge in [0.15, 0.2) is 5.96 Å². The van der Waals surface area contributed by atoms with Crippen molar-refractivity contribution in [3.8, 4) is 0 Å². The van der Waals surface area contributed by atoms with Crippen LogP contribution in [0.3, 0.4) is 0 Å². The number of likely N-dealkylation sites (N-methyl/N-ethyl adjacent to an activating group) is 1. The number of nitrogens with two attached hydrogens (primary N) is 3. The molecule has 0 unspecified atom stereocenters. The minimum Gasteiger partial charge on any atom is -0.391 e. The van der Waals surface area contributed by atoms with E-state index in [1.807, 2.05) is 0 Å². The molecule has 0 aromatic rings. The first kappa shape index (κ1) is 40.5. The van der Waals surface area contributed by atoms with Crippen LogP contribution in [-0.2, 0) is 33.6 Å². The van der Waals surface area contributed by atoms with Gasteiger partial charge in [-0.05, 0) is 52.4 Å². The number of hydrogen-bond acceptors (Lipinski definition) is 9. The number of primary amides is 1. The van der Waals surface area contributed by atoms with E-state index in [9.17, 15) is 38.7 Å². The van der Waals surface area contributed by atoms with Gasteiger partial charge in [-0.1, -0.05) is 13.3 Å². The van der Waals surface area contributed by atoms with Crippen molar-refractivity contribution < 1.29 is 38.7 Å². The number of nitrogens with zero attached hydrogens (tertiary/aromatic N) is 2. The number of aliphatic hydroxyl groups excluding tert-OH is 1. The van der Waals surface area contributed by atoms with Crippen LogP contribution in [0.25, 0.3) is 0 Å². The van der Waals surface area contributed by atoms with Crippen LogP contribution in [-0.4, -0.2) is 113 Å². The van der Waals surface area contributed by atoms with Crippen molar-refractivity contribution in [2.24, 2.45) is 22.2 Å². The molecule has 18 nitrogen and oxygen atoms in total. The highest BCUT2D eigenvalue weighted by Crippen LogP contribution is 2.20. The van der Waals surface area contributed by atoms with Gasteiger partial charge < -0.3 is 53.8 Å². The highest BCUT2D eigenvalue weighted by atomic mass is 16.3. The highest BCUT2D eigenvalue weighted by molar-refractivity contribution is 5.96. The number of rotatable bonds is 20. The molecular formula is C29H52N10O8. The largest absolute Gasteiger partial charge is 0.391 e. The molecule has 1 fully saturated rings. The summed E-state index contributed by atoms with van der Waals surface area (Å²) in [6, 6.07) is -5.68. The fourth-order valence-electron chi connectivity index (χ4n) is 5.10. The van der Waals surface area contributed by atoms with Gasteiger partial charge in [-0.2, -0.15) is 0 Å². The van der Waals surface area contributed by atoms with E-state index in [1.54, 1.807) is 13.8 Å². The van der Waals surface area contributed by atoms with Crippen molar-refractivity contribution in [2.45, 2.75) is 115 Å². The summed E-state index contributed by atoms with van der Waals surface area (Å²) in [6.45, 7) is 6.87. The van der Waals surface area contributed by atoms with Crippen LogP contribution in [0.15, 0.2) is 4.99 Å². The topological polar surface area (TPSA) is 294 Å². The van der Waals surface area contributed by atoms with Crippen LogP contribution >= 0.6 is 0 Å². The van der Waals surface area contributed by atoms with Crippen LogP contribution in [0.1, 0.15) is 79.1 Å². The second kappa shape index (κ2) is 20.6. The molecule has 0 aromatic heterocycles. The number of carbonyl (C=O) groups excluding carboxylic acids is 7. The zero-order valence-corrected chi connectivity index (χ0v) is 27.7. The fourth-order valence-corrected chi connectivity index (χ4v) is 5.10. The van der Waals surface area contributed by atoms with Gasteiger partial charge in [0.1, 0.15) is 30.2 Å². The zero-order chi connectivity index (χ0) is 35.7. The summed E-state index contributed by atoms with van der Waals surface area (Å²) in [5.41, 5.74) is 16.1. The van der Waals surface area contributed by atoms with Gasteiger partial charge in [0.05, 0.1) is 6.10 Å². The van der Waals surface area contributed by atoms with Crippen molar-refractivity contribution in [2.75, 3.05) is 19.6 Å². The number of nitrogens with one attached hydrogen (secondary N) is 5. The Morgan fingerprint density at radius 1 is 0.872 bits per heavy atom. The van der Waals surface area contributed by atoms with E-state index in [0.29, 0.717) is 38.8 Å². The molecule has 6 atom stereocenters. The standard InChI is InChI=1S/C29H52N10O8/c1-5-9-18(36-25(44)19(12-13-22(30)42)37-27(46)23(16(3)40)35-17(4)41)24(43)38-20(10-7-14-34-29(31)32)28(47)39-15-8-11-21(39)26(45)33-6-2/h16,18-21,23,40H,5-15H2,1-4H3,(H2,30,42)(H,33,45)(H,35,41)(H,36,44)(H,37,46)(H,38,43)(H4,31,32,34)/t16-,18+,19+,20+,21+,23+/m1/s1. The number of hydrogen-bond donors (Lipinski definition) is 9. The van der Waals surface area contributed by atoms with E-state index in [1.165, 1.54) is 11.8 Å². The van der Waals surface area contributed by atoms with Gasteiger partial charge in [0.2, 0.25) is 41.4 Å². The predicted molar refractivity (Wildman–Crippen MR) is 172 cm³/mol. The summed E-state index contributed by atoms with van der Waals surface area (Å²) >= 11 is 0. The van der Waals surface area contributed by atoms with E-state index in [0.717, 1.165) is 6.92 Å². The van der Waals surface area contributed by atoms with Crippen LogP contribution in [0, 0.1) is 0 Å². The van der Waals surface area contributed by atoms with E-state index < -0.39 is 71.8 Å². The highest BCUT2D eigenvalue weighted by Gasteiger charge is 2.38. The Kier molecular flexibility index (Phi) is 17.8. The molecule has 18 heteroatoms. The minimum atomic E-state index is -1.40. The third-order valence-electron chi connectivity index (χ3n) is 7.40. The SMILES string of the molecule is CCC[C@H](NC(=O)[C@H](CCC(N)=O)NC(=O)[C@@H](NC(C)=O)[C@@H](C)O)C(=O)N[C@@H](CCCN=C(N)N)C(=O)N1CCC[C@H]1C(=O)NCC. The molecule has 1 aliphatic rings. The molecule has 1 saturated heterocycles. The van der Waals surface area contributed by atoms with Crippen LogP contribution in [0.5, 0.6) is 0 Å². The molecule has 0 saturated carbocycles. The molecule has 0 spiro atoms. The average molecular weight is 669 g/mol. The monoisotopic (exact) mass is 668 g/mol. The van der Waals surface area contributed by atoms with Gasteiger partial charge in [-0.15, -0.1) is 0 Å². The Morgan fingerprint density at radius 3 is 2.00 bits per heavy atom. The number of amides is 7. The molecule has 1 aliphatic heterocycles. The lowest BCUT2D eigenvalue weighted by molar-refractivity contribution is -0.142. The quantitative estimate of drug-likeness (QED) is 0.0351. The lowest BCUT2D eigenvalue weighted by Gasteiger charge is -2.30. The number of likely N-dealkylation sites (tertiary alicyclic amines) is 1. The Labute approximate surface area is 274 Å². The van der Waals surface area contributed by atoms with Gasteiger partial charge in [-0.3, -0.25) is 38.6 Å². The molecule has 0 radical (unpaired) electrons. The number of guanidine groups is 1. The molecule has 7 amide bonds. The molecule has 47 heavy (non-hydrogen) atoms. The van der Waals surface area contributed by atoms with E-state index in [-0.39, 0.29) is 44.1 Å². The van der Waals surface area contributed by atoms with Crippen LogP contribution in [0.4, 0.5) is 0 Å². The maximum absolute atomic E-state index is 13.7.